The molecular weight excluding hydrogens is 334 g/mol. The Bertz CT molecular complexity index is 864. The Labute approximate surface area is 151 Å². The number of phenols is 1. The van der Waals surface area contributed by atoms with Gasteiger partial charge in [0.25, 0.3) is 10.0 Å². The molecule has 0 spiro atoms. The van der Waals surface area contributed by atoms with E-state index in [9.17, 15) is 13.5 Å². The van der Waals surface area contributed by atoms with Crippen LogP contribution in [0, 0.1) is 12.3 Å². The minimum absolute atomic E-state index is 0.0186. The smallest absolute Gasteiger partial charge is 0.262 e. The van der Waals surface area contributed by atoms with E-state index in [1.54, 1.807) is 30.3 Å². The van der Waals surface area contributed by atoms with Crippen molar-refractivity contribution in [2.24, 2.45) is 5.41 Å². The van der Waals surface area contributed by atoms with Gasteiger partial charge in [0, 0.05) is 0 Å². The first-order valence-electron chi connectivity index (χ1n) is 8.28. The van der Waals surface area contributed by atoms with Crippen LogP contribution in [-0.4, -0.2) is 13.5 Å². The predicted octanol–water partition coefficient (Wildman–Crippen LogP) is 4.83. The minimum atomic E-state index is -3.74. The molecule has 0 aliphatic rings. The maximum Gasteiger partial charge on any atom is 0.262 e. The molecule has 2 aromatic carbocycles. The van der Waals surface area contributed by atoms with Crippen molar-refractivity contribution in [1.82, 2.24) is 0 Å². The largest absolute Gasteiger partial charge is 0.506 e. The fraction of sp³-hybridized carbons (Fsp3) is 0.400. The van der Waals surface area contributed by atoms with E-state index in [4.69, 9.17) is 0 Å². The number of rotatable bonds is 4. The van der Waals surface area contributed by atoms with Gasteiger partial charge in [-0.05, 0) is 53.1 Å². The minimum Gasteiger partial charge on any atom is -0.506 e. The zero-order valence-electron chi connectivity index (χ0n) is 15.7. The average Bonchev–Trinajstić information content (AvgIpc) is 2.50. The lowest BCUT2D eigenvalue weighted by atomic mass is 9.64. The van der Waals surface area contributed by atoms with E-state index in [0.717, 1.165) is 11.1 Å². The SMILES string of the molecule is Cc1cc(NS(=O)(=O)c2ccccc2)c(O)cc1C(C)(C)C(C)(C)C. The Morgan fingerprint density at radius 2 is 1.52 bits per heavy atom. The van der Waals surface area contributed by atoms with Gasteiger partial charge in [-0.1, -0.05) is 52.8 Å². The molecule has 0 fully saturated rings. The second-order valence-electron chi connectivity index (χ2n) is 7.98. The number of aromatic hydroxyl groups is 1. The second-order valence-corrected chi connectivity index (χ2v) is 9.66. The van der Waals surface area contributed by atoms with Gasteiger partial charge in [0.15, 0.2) is 0 Å². The molecule has 2 aromatic rings. The van der Waals surface area contributed by atoms with E-state index in [1.165, 1.54) is 12.1 Å². The van der Waals surface area contributed by atoms with Crippen molar-refractivity contribution >= 4 is 15.7 Å². The van der Waals surface area contributed by atoms with Gasteiger partial charge in [0.2, 0.25) is 0 Å². The quantitative estimate of drug-likeness (QED) is 0.767. The molecule has 0 saturated heterocycles. The van der Waals surface area contributed by atoms with Crippen molar-refractivity contribution in [3.05, 3.63) is 53.6 Å². The Kier molecular flexibility index (Phi) is 4.92. The molecule has 136 valence electrons. The van der Waals surface area contributed by atoms with Crippen molar-refractivity contribution in [2.45, 2.75) is 51.9 Å². The Hall–Kier alpha value is -2.01. The van der Waals surface area contributed by atoms with Crippen LogP contribution in [0.4, 0.5) is 5.69 Å². The first-order chi connectivity index (χ1) is 11.4. The Morgan fingerprint density at radius 3 is 2.04 bits per heavy atom. The molecule has 0 amide bonds. The van der Waals surface area contributed by atoms with Crippen LogP contribution < -0.4 is 4.72 Å². The number of hydrogen-bond acceptors (Lipinski definition) is 3. The molecule has 0 aliphatic heterocycles. The lowest BCUT2D eigenvalue weighted by molar-refractivity contribution is 0.224. The molecule has 0 aliphatic carbocycles. The molecule has 0 unspecified atom stereocenters. The maximum absolute atomic E-state index is 12.5. The molecule has 4 nitrogen and oxygen atoms in total. The first-order valence-corrected chi connectivity index (χ1v) is 9.76. The molecular formula is C20H27NO3S. The van der Waals surface area contributed by atoms with E-state index in [1.807, 2.05) is 6.92 Å². The summed E-state index contributed by atoms with van der Waals surface area (Å²) in [7, 11) is -3.74. The lowest BCUT2D eigenvalue weighted by Crippen LogP contribution is -2.34. The highest BCUT2D eigenvalue weighted by molar-refractivity contribution is 7.92. The van der Waals surface area contributed by atoms with Gasteiger partial charge in [-0.2, -0.15) is 0 Å². The van der Waals surface area contributed by atoms with Gasteiger partial charge in [0.1, 0.15) is 5.75 Å². The van der Waals surface area contributed by atoms with Crippen LogP contribution >= 0.6 is 0 Å². The molecule has 0 bridgehead atoms. The summed E-state index contributed by atoms with van der Waals surface area (Å²) in [6.45, 7) is 12.6. The molecule has 0 aromatic heterocycles. The molecule has 0 heterocycles. The summed E-state index contributed by atoms with van der Waals surface area (Å²) in [5.74, 6) is -0.0718. The molecule has 25 heavy (non-hydrogen) atoms. The van der Waals surface area contributed by atoms with Crippen LogP contribution in [0.5, 0.6) is 5.75 Å². The lowest BCUT2D eigenvalue weighted by Gasteiger charge is -2.40. The van der Waals surface area contributed by atoms with Crippen LogP contribution in [0.25, 0.3) is 0 Å². The zero-order chi connectivity index (χ0) is 19.0. The molecule has 0 atom stereocenters. The summed E-state index contributed by atoms with van der Waals surface area (Å²) >= 11 is 0. The van der Waals surface area contributed by atoms with Gasteiger partial charge in [-0.25, -0.2) is 8.42 Å². The number of aryl methyl sites for hydroxylation is 1. The zero-order valence-corrected chi connectivity index (χ0v) is 16.5. The van der Waals surface area contributed by atoms with E-state index < -0.39 is 10.0 Å². The molecule has 2 rings (SSSR count). The number of anilines is 1. The van der Waals surface area contributed by atoms with Crippen LogP contribution in [-0.2, 0) is 15.4 Å². The van der Waals surface area contributed by atoms with Crippen LogP contribution in [0.15, 0.2) is 47.4 Å². The van der Waals surface area contributed by atoms with E-state index in [0.29, 0.717) is 0 Å². The van der Waals surface area contributed by atoms with Crippen molar-refractivity contribution in [3.8, 4) is 5.75 Å². The van der Waals surface area contributed by atoms with Gasteiger partial charge in [0.05, 0.1) is 10.6 Å². The summed E-state index contributed by atoms with van der Waals surface area (Å²) in [4.78, 5) is 0.158. The average molecular weight is 362 g/mol. The highest BCUT2D eigenvalue weighted by atomic mass is 32.2. The number of benzene rings is 2. The van der Waals surface area contributed by atoms with Crippen LogP contribution in [0.2, 0.25) is 0 Å². The topological polar surface area (TPSA) is 66.4 Å². The van der Waals surface area contributed by atoms with Crippen molar-refractivity contribution in [1.29, 1.82) is 0 Å². The Balaban J connectivity index is 2.45. The van der Waals surface area contributed by atoms with Crippen molar-refractivity contribution < 1.29 is 13.5 Å². The summed E-state index contributed by atoms with van der Waals surface area (Å²) < 4.78 is 27.5. The number of nitrogens with one attached hydrogen (secondary N) is 1. The monoisotopic (exact) mass is 361 g/mol. The molecule has 2 N–H and O–H groups in total. The fourth-order valence-corrected chi connectivity index (χ4v) is 3.75. The number of sulfonamides is 1. The standard InChI is InChI=1S/C20H27NO3S/c1-14-12-17(21-25(23,24)15-10-8-7-9-11-15)18(22)13-16(14)20(5,6)19(2,3)4/h7-13,21-22H,1-6H3. The highest BCUT2D eigenvalue weighted by Crippen LogP contribution is 2.44. The number of phenolic OH excluding ortho intramolecular Hbond substituents is 1. The summed E-state index contributed by atoms with van der Waals surface area (Å²) in [6, 6.07) is 11.5. The summed E-state index contributed by atoms with van der Waals surface area (Å²) in [5, 5.41) is 10.4. The van der Waals surface area contributed by atoms with Crippen LogP contribution in [0.3, 0.4) is 0 Å². The van der Waals surface area contributed by atoms with Gasteiger partial charge >= 0.3 is 0 Å². The van der Waals surface area contributed by atoms with E-state index in [-0.39, 0.29) is 27.2 Å². The van der Waals surface area contributed by atoms with Crippen molar-refractivity contribution in [2.75, 3.05) is 4.72 Å². The summed E-state index contributed by atoms with van der Waals surface area (Å²) in [5.41, 5.74) is 1.92. The second kappa shape index (κ2) is 6.37. The first kappa shape index (κ1) is 19.3. The van der Waals surface area contributed by atoms with Crippen LogP contribution in [0.1, 0.15) is 45.7 Å². The third kappa shape index (κ3) is 3.82. The molecule has 0 saturated carbocycles. The van der Waals surface area contributed by atoms with E-state index in [2.05, 4.69) is 39.3 Å². The maximum atomic E-state index is 12.5. The summed E-state index contributed by atoms with van der Waals surface area (Å²) in [6.07, 6.45) is 0. The third-order valence-electron chi connectivity index (χ3n) is 5.19. The molecule has 5 heteroatoms. The van der Waals surface area contributed by atoms with Gasteiger partial charge < -0.3 is 5.11 Å². The number of hydrogen-bond donors (Lipinski definition) is 2. The Morgan fingerprint density at radius 1 is 0.960 bits per heavy atom. The highest BCUT2D eigenvalue weighted by Gasteiger charge is 2.36. The third-order valence-corrected chi connectivity index (χ3v) is 6.57. The van der Waals surface area contributed by atoms with E-state index >= 15 is 0 Å². The predicted molar refractivity (Wildman–Crippen MR) is 103 cm³/mol. The molecule has 0 radical (unpaired) electrons. The normalized spacial score (nSPS) is 12.9. The van der Waals surface area contributed by atoms with Crippen molar-refractivity contribution in [3.63, 3.8) is 0 Å². The van der Waals surface area contributed by atoms with Gasteiger partial charge in [-0.15, -0.1) is 0 Å². The van der Waals surface area contributed by atoms with Gasteiger partial charge in [-0.3, -0.25) is 4.72 Å². The fourth-order valence-electron chi connectivity index (χ4n) is 2.66.